The minimum Gasteiger partial charge on any atom is -0.495 e. The summed E-state index contributed by atoms with van der Waals surface area (Å²) in [6.45, 7) is 7.74. The van der Waals surface area contributed by atoms with E-state index in [0.29, 0.717) is 17.1 Å². The van der Waals surface area contributed by atoms with Crippen molar-refractivity contribution in [2.45, 2.75) is 26.3 Å². The molecule has 8 heteroatoms. The Labute approximate surface area is 154 Å². The van der Waals surface area contributed by atoms with Crippen molar-refractivity contribution in [3.63, 3.8) is 0 Å². The topological polar surface area (TPSA) is 91.9 Å². The Bertz CT molecular complexity index is 617. The van der Waals surface area contributed by atoms with E-state index in [1.54, 1.807) is 18.2 Å². The van der Waals surface area contributed by atoms with Crippen molar-refractivity contribution in [1.29, 1.82) is 0 Å². The maximum absolute atomic E-state index is 12.3. The third-order valence-corrected chi connectivity index (χ3v) is 4.13. The van der Waals surface area contributed by atoms with Gasteiger partial charge in [0.1, 0.15) is 5.75 Å². The molecule has 1 aliphatic heterocycles. The number of hydrogen-bond donors (Lipinski definition) is 3. The highest BCUT2D eigenvalue weighted by Crippen LogP contribution is 2.27. The highest BCUT2D eigenvalue weighted by molar-refractivity contribution is 5.94. The van der Waals surface area contributed by atoms with Gasteiger partial charge in [-0.15, -0.1) is 0 Å². The predicted molar refractivity (Wildman–Crippen MR) is 101 cm³/mol. The molecule has 1 fully saturated rings. The van der Waals surface area contributed by atoms with E-state index >= 15 is 0 Å². The number of rotatable bonds is 7. The molecule has 0 aliphatic carbocycles. The fourth-order valence-electron chi connectivity index (χ4n) is 2.74. The van der Waals surface area contributed by atoms with E-state index < -0.39 is 0 Å². The van der Waals surface area contributed by atoms with E-state index in [1.165, 1.54) is 14.0 Å². The second kappa shape index (κ2) is 9.98. The van der Waals surface area contributed by atoms with Crippen LogP contribution < -0.4 is 20.7 Å². The molecule has 1 aromatic rings. The highest BCUT2D eigenvalue weighted by atomic mass is 16.5. The van der Waals surface area contributed by atoms with Gasteiger partial charge in [0, 0.05) is 38.3 Å². The van der Waals surface area contributed by atoms with E-state index in [1.807, 2.05) is 6.92 Å². The molecule has 1 aromatic carbocycles. The average Bonchev–Trinajstić information content (AvgIpc) is 2.60. The molecule has 0 aromatic heterocycles. The predicted octanol–water partition coefficient (Wildman–Crippen LogP) is 1.89. The lowest BCUT2D eigenvalue weighted by molar-refractivity contribution is -0.114. The van der Waals surface area contributed by atoms with Crippen molar-refractivity contribution < 1.29 is 19.1 Å². The number of carbonyl (C=O) groups excluding carboxylic acids is 2. The van der Waals surface area contributed by atoms with Crippen molar-refractivity contribution in [1.82, 2.24) is 10.2 Å². The van der Waals surface area contributed by atoms with Gasteiger partial charge in [0.2, 0.25) is 5.91 Å². The Balaban J connectivity index is 1.86. The largest absolute Gasteiger partial charge is 0.495 e. The fraction of sp³-hybridized carbons (Fsp3) is 0.556. The number of ether oxygens (including phenoxy) is 2. The third kappa shape index (κ3) is 6.53. The Kier molecular flexibility index (Phi) is 7.68. The highest BCUT2D eigenvalue weighted by Gasteiger charge is 2.14. The zero-order chi connectivity index (χ0) is 18.9. The van der Waals surface area contributed by atoms with Crippen LogP contribution in [0.2, 0.25) is 0 Å². The summed E-state index contributed by atoms with van der Waals surface area (Å²) in [5.41, 5.74) is 1.09. The molecule has 0 saturated carbocycles. The molecule has 1 heterocycles. The second-order valence-corrected chi connectivity index (χ2v) is 6.34. The molecule has 8 nitrogen and oxygen atoms in total. The Morgan fingerprint density at radius 3 is 2.65 bits per heavy atom. The monoisotopic (exact) mass is 364 g/mol. The van der Waals surface area contributed by atoms with Crippen molar-refractivity contribution in [3.05, 3.63) is 18.2 Å². The third-order valence-electron chi connectivity index (χ3n) is 4.13. The molecule has 3 amide bonds. The van der Waals surface area contributed by atoms with Gasteiger partial charge in [-0.3, -0.25) is 9.69 Å². The first kappa shape index (κ1) is 20.0. The van der Waals surface area contributed by atoms with Crippen LogP contribution in [0.25, 0.3) is 0 Å². The summed E-state index contributed by atoms with van der Waals surface area (Å²) >= 11 is 0. The average molecular weight is 364 g/mol. The summed E-state index contributed by atoms with van der Waals surface area (Å²) in [6, 6.07) is 4.80. The first-order chi connectivity index (χ1) is 12.5. The van der Waals surface area contributed by atoms with Crippen molar-refractivity contribution >= 4 is 23.3 Å². The first-order valence-electron chi connectivity index (χ1n) is 8.81. The standard InChI is InChI=1S/C18H28N4O4/c1-13(6-7-22-8-10-26-11-9-22)19-18(24)21-16-12-15(20-14(2)23)4-5-17(16)25-3/h4-5,12-13H,6-11H2,1-3H3,(H,20,23)(H2,19,21,24)/t13-/m0/s1. The molecule has 1 aliphatic rings. The molecule has 26 heavy (non-hydrogen) atoms. The minimum absolute atomic E-state index is 0.0300. The number of morpholine rings is 1. The van der Waals surface area contributed by atoms with Gasteiger partial charge >= 0.3 is 6.03 Å². The van der Waals surface area contributed by atoms with Gasteiger partial charge < -0.3 is 25.4 Å². The number of urea groups is 1. The number of amides is 3. The van der Waals surface area contributed by atoms with Crippen LogP contribution >= 0.6 is 0 Å². The molecule has 0 unspecified atom stereocenters. The number of carbonyl (C=O) groups is 2. The van der Waals surface area contributed by atoms with E-state index in [4.69, 9.17) is 9.47 Å². The molecule has 3 N–H and O–H groups in total. The summed E-state index contributed by atoms with van der Waals surface area (Å²) in [7, 11) is 1.53. The lowest BCUT2D eigenvalue weighted by Crippen LogP contribution is -2.41. The minimum atomic E-state index is -0.308. The lowest BCUT2D eigenvalue weighted by atomic mass is 10.2. The zero-order valence-corrected chi connectivity index (χ0v) is 15.6. The maximum atomic E-state index is 12.3. The first-order valence-corrected chi connectivity index (χ1v) is 8.81. The molecular weight excluding hydrogens is 336 g/mol. The van der Waals surface area contributed by atoms with Gasteiger partial charge in [0.05, 0.1) is 26.0 Å². The quantitative estimate of drug-likeness (QED) is 0.687. The number of methoxy groups -OCH3 is 1. The van der Waals surface area contributed by atoms with Crippen LogP contribution in [0.3, 0.4) is 0 Å². The van der Waals surface area contributed by atoms with Gasteiger partial charge in [0.25, 0.3) is 0 Å². The number of benzene rings is 1. The summed E-state index contributed by atoms with van der Waals surface area (Å²) in [5.74, 6) is 0.345. The summed E-state index contributed by atoms with van der Waals surface area (Å²) in [5, 5.41) is 8.40. The van der Waals surface area contributed by atoms with Crippen molar-refractivity contribution in [2.75, 3.05) is 50.6 Å². The molecular formula is C18H28N4O4. The number of hydrogen-bond acceptors (Lipinski definition) is 5. The van der Waals surface area contributed by atoms with Crippen LogP contribution in [0.4, 0.5) is 16.2 Å². The molecule has 0 spiro atoms. The molecule has 0 bridgehead atoms. The summed E-state index contributed by atoms with van der Waals surface area (Å²) in [6.07, 6.45) is 0.858. The summed E-state index contributed by atoms with van der Waals surface area (Å²) in [4.78, 5) is 25.8. The van der Waals surface area contributed by atoms with Crippen LogP contribution in [-0.4, -0.2) is 62.8 Å². The Hall–Kier alpha value is -2.32. The fourth-order valence-corrected chi connectivity index (χ4v) is 2.74. The van der Waals surface area contributed by atoms with Gasteiger partial charge in [-0.1, -0.05) is 0 Å². The van der Waals surface area contributed by atoms with Crippen LogP contribution in [0.1, 0.15) is 20.3 Å². The van der Waals surface area contributed by atoms with E-state index in [0.717, 1.165) is 39.3 Å². The van der Waals surface area contributed by atoms with Crippen LogP contribution in [0.15, 0.2) is 18.2 Å². The second-order valence-electron chi connectivity index (χ2n) is 6.34. The van der Waals surface area contributed by atoms with Crippen molar-refractivity contribution in [3.8, 4) is 5.75 Å². The van der Waals surface area contributed by atoms with E-state index in [-0.39, 0.29) is 18.0 Å². The van der Waals surface area contributed by atoms with Gasteiger partial charge in [-0.2, -0.15) is 0 Å². The number of nitrogens with zero attached hydrogens (tertiary/aromatic N) is 1. The normalized spacial score (nSPS) is 15.8. The van der Waals surface area contributed by atoms with Crippen LogP contribution in [0.5, 0.6) is 5.75 Å². The molecule has 2 rings (SSSR count). The van der Waals surface area contributed by atoms with Gasteiger partial charge in [-0.05, 0) is 31.5 Å². The molecule has 1 atom stereocenters. The molecule has 1 saturated heterocycles. The number of anilines is 2. The summed E-state index contributed by atoms with van der Waals surface area (Å²) < 4.78 is 10.6. The lowest BCUT2D eigenvalue weighted by Gasteiger charge is -2.27. The number of nitrogens with one attached hydrogen (secondary N) is 3. The Morgan fingerprint density at radius 1 is 1.27 bits per heavy atom. The van der Waals surface area contributed by atoms with Crippen molar-refractivity contribution in [2.24, 2.45) is 0 Å². The van der Waals surface area contributed by atoms with Crippen LogP contribution in [0, 0.1) is 0 Å². The molecule has 144 valence electrons. The van der Waals surface area contributed by atoms with E-state index in [9.17, 15) is 9.59 Å². The smallest absolute Gasteiger partial charge is 0.319 e. The van der Waals surface area contributed by atoms with E-state index in [2.05, 4.69) is 20.9 Å². The zero-order valence-electron chi connectivity index (χ0n) is 15.6. The molecule has 0 radical (unpaired) electrons. The maximum Gasteiger partial charge on any atom is 0.319 e. The van der Waals surface area contributed by atoms with Gasteiger partial charge in [-0.25, -0.2) is 4.79 Å². The Morgan fingerprint density at radius 2 is 2.00 bits per heavy atom. The van der Waals surface area contributed by atoms with Crippen LogP contribution in [-0.2, 0) is 9.53 Å². The SMILES string of the molecule is COc1ccc(NC(C)=O)cc1NC(=O)N[C@@H](C)CCN1CCOCC1. The van der Waals surface area contributed by atoms with Gasteiger partial charge in [0.15, 0.2) is 0 Å².